The third kappa shape index (κ3) is 2.03. The van der Waals surface area contributed by atoms with Crippen LogP contribution in [-0.4, -0.2) is 25.8 Å². The highest BCUT2D eigenvalue weighted by Gasteiger charge is 2.17. The van der Waals surface area contributed by atoms with Crippen LogP contribution in [0.15, 0.2) is 24.4 Å². The summed E-state index contributed by atoms with van der Waals surface area (Å²) in [5.74, 6) is -0.762. The fraction of sp³-hybridized carbons (Fsp3) is 0. The lowest BCUT2D eigenvalue weighted by atomic mass is 10.4. The number of halogens is 2. The lowest BCUT2D eigenvalue weighted by Gasteiger charge is -2.04. The van der Waals surface area contributed by atoms with Gasteiger partial charge in [-0.15, -0.1) is 0 Å². The minimum atomic E-state index is -1.07. The van der Waals surface area contributed by atoms with E-state index in [0.717, 1.165) is 0 Å². The Morgan fingerprint density at radius 2 is 2.31 bits per heavy atom. The van der Waals surface area contributed by atoms with Crippen LogP contribution >= 0.6 is 34.2 Å². The molecule has 2 heterocycles. The number of aromatic carboxylic acids is 1. The van der Waals surface area contributed by atoms with Crippen LogP contribution in [0.2, 0.25) is 5.02 Å². The summed E-state index contributed by atoms with van der Waals surface area (Å²) in [6.07, 6.45) is 1.53. The average Bonchev–Trinajstić information content (AvgIpc) is 2.61. The summed E-state index contributed by atoms with van der Waals surface area (Å²) in [5.41, 5.74) is 0.0324. The first-order valence-corrected chi connectivity index (χ1v) is 5.65. The highest BCUT2D eigenvalue weighted by Crippen LogP contribution is 2.19. The Labute approximate surface area is 109 Å². The second-order valence-electron chi connectivity index (χ2n) is 2.88. The van der Waals surface area contributed by atoms with Crippen LogP contribution in [0.25, 0.3) is 5.82 Å². The molecule has 0 spiro atoms. The zero-order valence-electron chi connectivity index (χ0n) is 7.76. The minimum Gasteiger partial charge on any atom is -0.477 e. The molecule has 0 fully saturated rings. The number of pyridine rings is 1. The summed E-state index contributed by atoms with van der Waals surface area (Å²) in [5, 5.41) is 13.4. The molecule has 16 heavy (non-hydrogen) atoms. The van der Waals surface area contributed by atoms with Gasteiger partial charge in [0.2, 0.25) is 0 Å². The summed E-state index contributed by atoms with van der Waals surface area (Å²) in [4.78, 5) is 15.0. The van der Waals surface area contributed by atoms with Crippen molar-refractivity contribution in [3.8, 4) is 5.82 Å². The van der Waals surface area contributed by atoms with Crippen molar-refractivity contribution in [2.75, 3.05) is 0 Å². The Balaban J connectivity index is 2.64. The molecule has 2 rings (SSSR count). The standard InChI is InChI=1S/C9H5ClIN3O2/c10-5-2-1-3-12-8(5)14-6(9(15)16)4-7(11)13-14/h1-4H,(H,15,16). The highest BCUT2D eigenvalue weighted by atomic mass is 127. The first-order valence-electron chi connectivity index (χ1n) is 4.19. The summed E-state index contributed by atoms with van der Waals surface area (Å²) in [7, 11) is 0. The Bertz CT molecular complexity index is 555. The van der Waals surface area contributed by atoms with Gasteiger partial charge in [-0.05, 0) is 34.7 Å². The van der Waals surface area contributed by atoms with Crippen LogP contribution in [0.4, 0.5) is 0 Å². The molecule has 2 aromatic heterocycles. The van der Waals surface area contributed by atoms with Crippen LogP contribution in [-0.2, 0) is 0 Å². The van der Waals surface area contributed by atoms with E-state index in [1.807, 2.05) is 22.6 Å². The van der Waals surface area contributed by atoms with E-state index in [-0.39, 0.29) is 5.69 Å². The fourth-order valence-corrected chi connectivity index (χ4v) is 1.91. The molecule has 2 aromatic rings. The van der Waals surface area contributed by atoms with Crippen LogP contribution < -0.4 is 0 Å². The number of hydrogen-bond donors (Lipinski definition) is 1. The highest BCUT2D eigenvalue weighted by molar-refractivity contribution is 14.1. The molecule has 0 aromatic carbocycles. The molecule has 0 saturated heterocycles. The largest absolute Gasteiger partial charge is 0.477 e. The minimum absolute atomic E-state index is 0.0324. The van der Waals surface area contributed by atoms with E-state index in [1.165, 1.54) is 16.9 Å². The van der Waals surface area contributed by atoms with Gasteiger partial charge in [0.05, 0.1) is 5.02 Å². The predicted molar refractivity (Wildman–Crippen MR) is 66.0 cm³/mol. The number of hydrogen-bond acceptors (Lipinski definition) is 3. The lowest BCUT2D eigenvalue weighted by molar-refractivity contribution is 0.0687. The van der Waals surface area contributed by atoms with Gasteiger partial charge in [-0.3, -0.25) is 0 Å². The van der Waals surface area contributed by atoms with Gasteiger partial charge in [0.1, 0.15) is 3.70 Å². The SMILES string of the molecule is O=C(O)c1cc(I)nn1-c1ncccc1Cl. The quantitative estimate of drug-likeness (QED) is 0.844. The van der Waals surface area contributed by atoms with Crippen molar-refractivity contribution in [2.24, 2.45) is 0 Å². The van der Waals surface area contributed by atoms with Crippen molar-refractivity contribution in [3.63, 3.8) is 0 Å². The zero-order valence-corrected chi connectivity index (χ0v) is 10.7. The van der Waals surface area contributed by atoms with Gasteiger partial charge in [-0.1, -0.05) is 11.6 Å². The first-order chi connectivity index (χ1) is 7.59. The third-order valence-electron chi connectivity index (χ3n) is 1.84. The number of rotatable bonds is 2. The first kappa shape index (κ1) is 11.3. The summed E-state index contributed by atoms with van der Waals surface area (Å²) < 4.78 is 1.78. The molecule has 82 valence electrons. The van der Waals surface area contributed by atoms with Gasteiger partial charge >= 0.3 is 5.97 Å². The average molecular weight is 350 g/mol. The fourth-order valence-electron chi connectivity index (χ4n) is 1.20. The molecular formula is C9H5ClIN3O2. The van der Waals surface area contributed by atoms with E-state index in [9.17, 15) is 4.79 Å². The number of carboxylic acids is 1. The molecule has 0 radical (unpaired) electrons. The number of nitrogens with zero attached hydrogens (tertiary/aromatic N) is 3. The molecule has 5 nitrogen and oxygen atoms in total. The molecule has 0 bridgehead atoms. The van der Waals surface area contributed by atoms with E-state index in [1.54, 1.807) is 12.1 Å². The van der Waals surface area contributed by atoms with E-state index < -0.39 is 5.97 Å². The van der Waals surface area contributed by atoms with E-state index in [0.29, 0.717) is 14.5 Å². The lowest BCUT2D eigenvalue weighted by Crippen LogP contribution is -2.09. The topological polar surface area (TPSA) is 68.0 Å². The number of carboxylic acid groups (broad SMARTS) is 1. The van der Waals surface area contributed by atoms with E-state index in [2.05, 4.69) is 10.1 Å². The molecule has 1 N–H and O–H groups in total. The zero-order chi connectivity index (χ0) is 11.7. The maximum atomic E-state index is 11.0. The Morgan fingerprint density at radius 1 is 1.56 bits per heavy atom. The number of carbonyl (C=O) groups is 1. The van der Waals surface area contributed by atoms with Crippen molar-refractivity contribution in [1.82, 2.24) is 14.8 Å². The maximum Gasteiger partial charge on any atom is 0.354 e. The monoisotopic (exact) mass is 349 g/mol. The van der Waals surface area contributed by atoms with Crippen LogP contribution in [0.3, 0.4) is 0 Å². The summed E-state index contributed by atoms with van der Waals surface area (Å²) in [6, 6.07) is 4.75. The molecule has 0 aliphatic carbocycles. The molecule has 0 aliphatic rings. The maximum absolute atomic E-state index is 11.0. The van der Waals surface area contributed by atoms with Gasteiger partial charge < -0.3 is 5.11 Å². The van der Waals surface area contributed by atoms with Crippen molar-refractivity contribution in [3.05, 3.63) is 38.8 Å². The van der Waals surface area contributed by atoms with Gasteiger partial charge in [-0.25, -0.2) is 14.5 Å². The second kappa shape index (κ2) is 4.38. The summed E-state index contributed by atoms with van der Waals surface area (Å²) >= 11 is 7.86. The van der Waals surface area contributed by atoms with E-state index in [4.69, 9.17) is 16.7 Å². The van der Waals surface area contributed by atoms with Crippen LogP contribution in [0.1, 0.15) is 10.5 Å². The predicted octanol–water partition coefficient (Wildman–Crippen LogP) is 2.22. The van der Waals surface area contributed by atoms with E-state index >= 15 is 0 Å². The second-order valence-corrected chi connectivity index (χ2v) is 4.39. The van der Waals surface area contributed by atoms with Crippen molar-refractivity contribution < 1.29 is 9.90 Å². The Hall–Kier alpha value is -1.15. The number of aromatic nitrogens is 3. The van der Waals surface area contributed by atoms with Gasteiger partial charge in [0, 0.05) is 12.3 Å². The molecule has 7 heteroatoms. The smallest absolute Gasteiger partial charge is 0.354 e. The molecule has 0 atom stereocenters. The van der Waals surface area contributed by atoms with Crippen molar-refractivity contribution in [2.45, 2.75) is 0 Å². The van der Waals surface area contributed by atoms with Crippen molar-refractivity contribution in [1.29, 1.82) is 0 Å². The molecule has 0 unspecified atom stereocenters. The molecule has 0 amide bonds. The van der Waals surface area contributed by atoms with Crippen LogP contribution in [0, 0.1) is 3.70 Å². The van der Waals surface area contributed by atoms with Gasteiger partial charge in [-0.2, -0.15) is 5.10 Å². The molecule has 0 aliphatic heterocycles. The Morgan fingerprint density at radius 3 is 2.94 bits per heavy atom. The van der Waals surface area contributed by atoms with Crippen molar-refractivity contribution >= 4 is 40.2 Å². The Kier molecular flexibility index (Phi) is 3.10. The molecular weight excluding hydrogens is 344 g/mol. The van der Waals surface area contributed by atoms with Crippen LogP contribution in [0.5, 0.6) is 0 Å². The van der Waals surface area contributed by atoms with Gasteiger partial charge in [0.15, 0.2) is 11.5 Å². The third-order valence-corrected chi connectivity index (χ3v) is 2.66. The summed E-state index contributed by atoms with van der Waals surface area (Å²) in [6.45, 7) is 0. The van der Waals surface area contributed by atoms with Gasteiger partial charge in [0.25, 0.3) is 0 Å². The molecule has 0 saturated carbocycles. The normalized spacial score (nSPS) is 10.4.